The van der Waals surface area contributed by atoms with Gasteiger partial charge >= 0.3 is 0 Å². The van der Waals surface area contributed by atoms with Crippen LogP contribution in [0.2, 0.25) is 5.02 Å². The van der Waals surface area contributed by atoms with E-state index >= 15 is 0 Å². The summed E-state index contributed by atoms with van der Waals surface area (Å²) in [4.78, 5) is 12.2. The van der Waals surface area contributed by atoms with E-state index in [-0.39, 0.29) is 5.91 Å². The normalized spacial score (nSPS) is 10.6. The number of nitrogens with zero attached hydrogens (tertiary/aromatic N) is 2. The van der Waals surface area contributed by atoms with Gasteiger partial charge in [0.2, 0.25) is 0 Å². The summed E-state index contributed by atoms with van der Waals surface area (Å²) in [5, 5.41) is 7.65. The summed E-state index contributed by atoms with van der Waals surface area (Å²) in [6, 6.07) is 5.21. The zero-order valence-electron chi connectivity index (χ0n) is 11.3. The number of carbonyl (C=O) groups excluding carboxylic acids is 1. The number of rotatable bonds is 4. The molecule has 0 aliphatic rings. The highest BCUT2D eigenvalue weighted by Crippen LogP contribution is 2.21. The van der Waals surface area contributed by atoms with E-state index < -0.39 is 0 Å². The molecule has 106 valence electrons. The van der Waals surface area contributed by atoms with Gasteiger partial charge < -0.3 is 5.32 Å². The van der Waals surface area contributed by atoms with Crippen LogP contribution in [0.1, 0.15) is 28.5 Å². The highest BCUT2D eigenvalue weighted by Gasteiger charge is 2.12. The Bertz CT molecular complexity index is 639. The summed E-state index contributed by atoms with van der Waals surface area (Å²) in [5.74, 6) is -0.192. The molecule has 1 amide bonds. The van der Waals surface area contributed by atoms with Gasteiger partial charge in [-0.2, -0.15) is 5.10 Å². The van der Waals surface area contributed by atoms with Gasteiger partial charge in [0, 0.05) is 29.8 Å². The van der Waals surface area contributed by atoms with Crippen molar-refractivity contribution in [3.63, 3.8) is 0 Å². The molecule has 2 rings (SSSR count). The van der Waals surface area contributed by atoms with E-state index in [1.807, 2.05) is 20.2 Å². The number of hydrogen-bond acceptors (Lipinski definition) is 2. The SMILES string of the molecule is CCc1nn(C)cc1CNC(=O)c1cc(Br)ccc1Cl. The number of nitrogens with one attached hydrogen (secondary N) is 1. The van der Waals surface area contributed by atoms with Crippen molar-refractivity contribution in [2.24, 2.45) is 7.05 Å². The molecule has 2 aromatic rings. The van der Waals surface area contributed by atoms with E-state index in [0.29, 0.717) is 17.1 Å². The minimum absolute atomic E-state index is 0.192. The first-order valence-corrected chi connectivity index (χ1v) is 7.43. The lowest BCUT2D eigenvalue weighted by molar-refractivity contribution is 0.0951. The third-order valence-corrected chi connectivity index (χ3v) is 3.76. The van der Waals surface area contributed by atoms with Crippen LogP contribution in [0.4, 0.5) is 0 Å². The predicted molar refractivity (Wildman–Crippen MR) is 82.9 cm³/mol. The molecule has 0 radical (unpaired) electrons. The molecule has 0 aliphatic heterocycles. The Labute approximate surface area is 131 Å². The molecule has 0 atom stereocenters. The van der Waals surface area contributed by atoms with E-state index in [1.54, 1.807) is 22.9 Å². The molecule has 0 fully saturated rings. The molecule has 1 N–H and O–H groups in total. The maximum Gasteiger partial charge on any atom is 0.253 e. The number of hydrogen-bond donors (Lipinski definition) is 1. The van der Waals surface area contributed by atoms with Crippen LogP contribution in [0.5, 0.6) is 0 Å². The number of amides is 1. The van der Waals surface area contributed by atoms with Crippen LogP contribution in [0.15, 0.2) is 28.9 Å². The molecule has 0 spiro atoms. The summed E-state index contributed by atoms with van der Waals surface area (Å²) in [6.07, 6.45) is 2.76. The summed E-state index contributed by atoms with van der Waals surface area (Å²) >= 11 is 9.37. The molecule has 0 saturated heterocycles. The maximum absolute atomic E-state index is 12.2. The second-order valence-corrected chi connectivity index (χ2v) is 5.76. The molecule has 1 aromatic carbocycles. The summed E-state index contributed by atoms with van der Waals surface area (Å²) in [5.41, 5.74) is 2.48. The van der Waals surface area contributed by atoms with Crippen molar-refractivity contribution in [3.05, 3.63) is 50.7 Å². The fourth-order valence-corrected chi connectivity index (χ4v) is 2.54. The Morgan fingerprint density at radius 2 is 2.25 bits per heavy atom. The zero-order valence-corrected chi connectivity index (χ0v) is 13.6. The standard InChI is InChI=1S/C14H15BrClN3O/c1-3-13-9(8-19(2)18-13)7-17-14(20)11-6-10(15)4-5-12(11)16/h4-6,8H,3,7H2,1-2H3,(H,17,20). The van der Waals surface area contributed by atoms with Crippen molar-refractivity contribution in [2.75, 3.05) is 0 Å². The Morgan fingerprint density at radius 1 is 1.50 bits per heavy atom. The van der Waals surface area contributed by atoms with Crippen LogP contribution in [0.3, 0.4) is 0 Å². The number of aryl methyl sites for hydroxylation is 2. The van der Waals surface area contributed by atoms with E-state index in [0.717, 1.165) is 22.2 Å². The molecule has 0 aliphatic carbocycles. The third-order valence-electron chi connectivity index (χ3n) is 2.94. The zero-order chi connectivity index (χ0) is 14.7. The van der Waals surface area contributed by atoms with Gasteiger partial charge in [0.05, 0.1) is 16.3 Å². The molecule has 20 heavy (non-hydrogen) atoms. The third kappa shape index (κ3) is 3.41. The van der Waals surface area contributed by atoms with Crippen LogP contribution >= 0.6 is 27.5 Å². The number of carbonyl (C=O) groups is 1. The molecular weight excluding hydrogens is 342 g/mol. The van der Waals surface area contributed by atoms with Crippen molar-refractivity contribution in [1.82, 2.24) is 15.1 Å². The van der Waals surface area contributed by atoms with Crippen molar-refractivity contribution < 1.29 is 4.79 Å². The highest BCUT2D eigenvalue weighted by atomic mass is 79.9. The lowest BCUT2D eigenvalue weighted by atomic mass is 10.2. The fraction of sp³-hybridized carbons (Fsp3) is 0.286. The molecule has 0 bridgehead atoms. The average Bonchev–Trinajstić information content (AvgIpc) is 2.79. The monoisotopic (exact) mass is 355 g/mol. The summed E-state index contributed by atoms with van der Waals surface area (Å²) in [7, 11) is 1.87. The second kappa shape index (κ2) is 6.41. The second-order valence-electron chi connectivity index (χ2n) is 4.44. The lowest BCUT2D eigenvalue weighted by Gasteiger charge is -2.07. The summed E-state index contributed by atoms with van der Waals surface area (Å²) < 4.78 is 2.58. The van der Waals surface area contributed by atoms with Gasteiger partial charge in [-0.25, -0.2) is 0 Å². The summed E-state index contributed by atoms with van der Waals surface area (Å²) in [6.45, 7) is 2.48. The van der Waals surface area contributed by atoms with Gasteiger partial charge in [0.1, 0.15) is 0 Å². The van der Waals surface area contributed by atoms with Gasteiger partial charge in [-0.15, -0.1) is 0 Å². The van der Waals surface area contributed by atoms with Gasteiger partial charge in [-0.05, 0) is 24.6 Å². The fourth-order valence-electron chi connectivity index (χ4n) is 1.97. The molecule has 6 heteroatoms. The molecule has 1 heterocycles. The number of halogens is 2. The first-order valence-electron chi connectivity index (χ1n) is 6.26. The van der Waals surface area contributed by atoms with Crippen molar-refractivity contribution in [1.29, 1.82) is 0 Å². The Hall–Kier alpha value is -1.33. The van der Waals surface area contributed by atoms with Crippen LogP contribution < -0.4 is 5.32 Å². The minimum atomic E-state index is -0.192. The Balaban J connectivity index is 2.10. The van der Waals surface area contributed by atoms with Gasteiger partial charge in [0.25, 0.3) is 5.91 Å². The van der Waals surface area contributed by atoms with E-state index in [9.17, 15) is 4.79 Å². The first-order chi connectivity index (χ1) is 9.51. The van der Waals surface area contributed by atoms with Gasteiger partial charge in [-0.3, -0.25) is 9.48 Å². The Morgan fingerprint density at radius 3 is 2.95 bits per heavy atom. The van der Waals surface area contributed by atoms with E-state index in [2.05, 4.69) is 26.3 Å². The maximum atomic E-state index is 12.2. The van der Waals surface area contributed by atoms with Crippen molar-refractivity contribution in [3.8, 4) is 0 Å². The van der Waals surface area contributed by atoms with Crippen LogP contribution in [-0.2, 0) is 20.0 Å². The molecule has 1 aromatic heterocycles. The molecule has 4 nitrogen and oxygen atoms in total. The van der Waals surface area contributed by atoms with Crippen LogP contribution in [-0.4, -0.2) is 15.7 Å². The highest BCUT2D eigenvalue weighted by molar-refractivity contribution is 9.10. The van der Waals surface area contributed by atoms with Gasteiger partial charge in [-0.1, -0.05) is 34.5 Å². The molecular formula is C14H15BrClN3O. The largest absolute Gasteiger partial charge is 0.348 e. The Kier molecular flexibility index (Phi) is 4.83. The van der Waals surface area contributed by atoms with E-state index in [1.165, 1.54) is 0 Å². The first kappa shape index (κ1) is 15.1. The van der Waals surface area contributed by atoms with Crippen molar-refractivity contribution in [2.45, 2.75) is 19.9 Å². The van der Waals surface area contributed by atoms with Crippen molar-refractivity contribution >= 4 is 33.4 Å². The minimum Gasteiger partial charge on any atom is -0.348 e. The number of benzene rings is 1. The quantitative estimate of drug-likeness (QED) is 0.913. The topological polar surface area (TPSA) is 46.9 Å². The van der Waals surface area contributed by atoms with Crippen LogP contribution in [0.25, 0.3) is 0 Å². The number of aromatic nitrogens is 2. The van der Waals surface area contributed by atoms with Crippen LogP contribution in [0, 0.1) is 0 Å². The predicted octanol–water partition coefficient (Wildman–Crippen LogP) is 3.33. The average molecular weight is 357 g/mol. The molecule has 0 saturated carbocycles. The molecule has 0 unspecified atom stereocenters. The van der Waals surface area contributed by atoms with Gasteiger partial charge in [0.15, 0.2) is 0 Å². The lowest BCUT2D eigenvalue weighted by Crippen LogP contribution is -2.23. The van der Waals surface area contributed by atoms with E-state index in [4.69, 9.17) is 11.6 Å². The smallest absolute Gasteiger partial charge is 0.253 e.